The Balaban J connectivity index is 6.01. The third-order valence-electron chi connectivity index (χ3n) is 2.56. The largest absolute Gasteiger partial charge is 0.535 e. The molecule has 0 aliphatic carbocycles. The minimum absolute atomic E-state index is 0.243. The second kappa shape index (κ2) is 7.86. The van der Waals surface area contributed by atoms with Gasteiger partial charge in [0.15, 0.2) is 0 Å². The van der Waals surface area contributed by atoms with Crippen LogP contribution in [0.4, 0.5) is 0 Å². The van der Waals surface area contributed by atoms with Crippen LogP contribution in [-0.2, 0) is 31.4 Å². The molecule has 0 spiro atoms. The summed E-state index contributed by atoms with van der Waals surface area (Å²) < 4.78 is 31.9. The minimum atomic E-state index is -3.36. The topological polar surface area (TPSA) is 98.5 Å². The van der Waals surface area contributed by atoms with Crippen LogP contribution in [0.3, 0.4) is 0 Å². The molecule has 0 rings (SSSR count). The van der Waals surface area contributed by atoms with E-state index in [-0.39, 0.29) is 4.82 Å². The molecule has 8 nitrogen and oxygen atoms in total. The normalized spacial score (nSPS) is 12.3. The van der Waals surface area contributed by atoms with Crippen molar-refractivity contribution in [2.24, 2.45) is 5.73 Å². The van der Waals surface area contributed by atoms with Crippen LogP contribution in [0, 0.1) is 0 Å². The summed E-state index contributed by atoms with van der Waals surface area (Å²) in [6.07, 6.45) is 1.12. The Kier molecular flexibility index (Phi) is 7.62. The Morgan fingerprint density at radius 3 is 1.21 bits per heavy atom. The van der Waals surface area contributed by atoms with Crippen molar-refractivity contribution in [2.75, 3.05) is 42.7 Å². The minimum Gasteiger partial charge on any atom is -0.374 e. The van der Waals surface area contributed by atoms with Gasteiger partial charge in [-0.2, -0.15) is 0 Å². The SMILES string of the molecule is CO[Si](OC)(OC)C(=CC(N)=O)[Si](OC)(OC)OC. The van der Waals surface area contributed by atoms with Crippen LogP contribution < -0.4 is 5.73 Å². The van der Waals surface area contributed by atoms with Crippen molar-refractivity contribution in [3.8, 4) is 0 Å². The number of hydrogen-bond donors (Lipinski definition) is 1. The fourth-order valence-corrected chi connectivity index (χ4v) is 7.96. The van der Waals surface area contributed by atoms with Crippen LogP contribution in [0.1, 0.15) is 0 Å². The van der Waals surface area contributed by atoms with Crippen molar-refractivity contribution in [1.29, 1.82) is 0 Å². The van der Waals surface area contributed by atoms with Gasteiger partial charge in [-0.25, -0.2) is 0 Å². The van der Waals surface area contributed by atoms with Crippen molar-refractivity contribution < 1.29 is 31.4 Å². The molecule has 0 fully saturated rings. The molecular weight excluding hydrogens is 290 g/mol. The second-order valence-corrected chi connectivity index (χ2v) is 9.55. The molecule has 112 valence electrons. The summed E-state index contributed by atoms with van der Waals surface area (Å²) in [7, 11) is 1.66. The quantitative estimate of drug-likeness (QED) is 0.441. The lowest BCUT2D eigenvalue weighted by atomic mass is 10.6. The number of carbonyl (C=O) groups excluding carboxylic acids is 1. The average molecular weight is 311 g/mol. The molecule has 19 heavy (non-hydrogen) atoms. The lowest BCUT2D eigenvalue weighted by Crippen LogP contribution is -2.60. The zero-order chi connectivity index (χ0) is 15.1. The summed E-state index contributed by atoms with van der Waals surface area (Å²) in [5.74, 6) is -0.707. The fourth-order valence-electron chi connectivity index (χ4n) is 1.67. The van der Waals surface area contributed by atoms with E-state index < -0.39 is 23.5 Å². The summed E-state index contributed by atoms with van der Waals surface area (Å²) in [6.45, 7) is 0. The van der Waals surface area contributed by atoms with Crippen molar-refractivity contribution in [3.63, 3.8) is 0 Å². The van der Waals surface area contributed by atoms with Gasteiger partial charge in [0, 0.05) is 48.7 Å². The molecule has 10 heteroatoms. The molecule has 0 aliphatic rings. The van der Waals surface area contributed by atoms with E-state index >= 15 is 0 Å². The standard InChI is InChI=1S/C9H21NO7Si2/c1-12-18(13-2,14-3)9(7-8(10)11)19(15-4,16-5)17-6/h7H,1-6H3,(H2,10,11). The van der Waals surface area contributed by atoms with Crippen LogP contribution in [0.15, 0.2) is 10.9 Å². The molecule has 0 atom stereocenters. The molecule has 0 heterocycles. The van der Waals surface area contributed by atoms with E-state index in [4.69, 9.17) is 32.3 Å². The first-order chi connectivity index (χ1) is 8.91. The number of amides is 1. The summed E-state index contributed by atoms with van der Waals surface area (Å²) in [4.78, 5) is 11.5. The Hall–Kier alpha value is -0.596. The first kappa shape index (κ1) is 18.4. The first-order valence-electron chi connectivity index (χ1n) is 5.24. The van der Waals surface area contributed by atoms with Gasteiger partial charge in [0.2, 0.25) is 5.91 Å². The van der Waals surface area contributed by atoms with Gasteiger partial charge in [0.05, 0.1) is 4.82 Å². The third kappa shape index (κ3) is 3.70. The molecule has 0 radical (unpaired) electrons. The van der Waals surface area contributed by atoms with Gasteiger partial charge >= 0.3 is 17.6 Å². The van der Waals surface area contributed by atoms with E-state index in [1.165, 1.54) is 42.7 Å². The van der Waals surface area contributed by atoms with E-state index in [1.54, 1.807) is 0 Å². The number of rotatable bonds is 9. The van der Waals surface area contributed by atoms with E-state index in [1.807, 2.05) is 0 Å². The van der Waals surface area contributed by atoms with E-state index in [0.717, 1.165) is 6.08 Å². The Morgan fingerprint density at radius 2 is 1.05 bits per heavy atom. The highest BCUT2D eigenvalue weighted by molar-refractivity contribution is 6.92. The molecule has 0 saturated heterocycles. The number of hydrogen-bond acceptors (Lipinski definition) is 7. The van der Waals surface area contributed by atoms with E-state index in [0.29, 0.717) is 0 Å². The molecule has 0 unspecified atom stereocenters. The maximum absolute atomic E-state index is 11.3. The van der Waals surface area contributed by atoms with Crippen LogP contribution in [0.25, 0.3) is 0 Å². The smallest absolute Gasteiger partial charge is 0.374 e. The predicted molar refractivity (Wildman–Crippen MR) is 70.8 cm³/mol. The van der Waals surface area contributed by atoms with Gasteiger partial charge in [-0.3, -0.25) is 4.79 Å². The molecule has 2 N–H and O–H groups in total. The lowest BCUT2D eigenvalue weighted by Gasteiger charge is -2.34. The fraction of sp³-hybridized carbons (Fsp3) is 0.667. The molecule has 1 amide bonds. The average Bonchev–Trinajstić information content (AvgIpc) is 2.43. The Bertz CT molecular complexity index is 290. The maximum Gasteiger partial charge on any atom is 0.535 e. The highest BCUT2D eigenvalue weighted by Gasteiger charge is 2.59. The Morgan fingerprint density at radius 1 is 0.789 bits per heavy atom. The summed E-state index contributed by atoms with van der Waals surface area (Å²) in [5, 5.41) is 0. The number of nitrogens with two attached hydrogens (primary N) is 1. The van der Waals surface area contributed by atoms with Crippen LogP contribution >= 0.6 is 0 Å². The van der Waals surface area contributed by atoms with Gasteiger partial charge in [-0.15, -0.1) is 0 Å². The second-order valence-electron chi connectivity index (χ2n) is 3.30. The van der Waals surface area contributed by atoms with Crippen molar-refractivity contribution in [3.05, 3.63) is 10.9 Å². The first-order valence-corrected chi connectivity index (χ1v) is 8.69. The van der Waals surface area contributed by atoms with Gasteiger partial charge in [0.1, 0.15) is 0 Å². The van der Waals surface area contributed by atoms with E-state index in [2.05, 4.69) is 0 Å². The summed E-state index contributed by atoms with van der Waals surface area (Å²) in [6, 6.07) is 0. The predicted octanol–water partition coefficient (Wildman–Crippen LogP) is -0.767. The molecule has 0 aromatic heterocycles. The van der Waals surface area contributed by atoms with Crippen LogP contribution in [-0.4, -0.2) is 66.2 Å². The lowest BCUT2D eigenvalue weighted by molar-refractivity contribution is -0.113. The zero-order valence-electron chi connectivity index (χ0n) is 12.0. The Labute approximate surface area is 115 Å². The van der Waals surface area contributed by atoms with Gasteiger partial charge in [-0.05, 0) is 0 Å². The van der Waals surface area contributed by atoms with Crippen molar-refractivity contribution in [2.45, 2.75) is 0 Å². The molecular formula is C9H21NO7Si2. The van der Waals surface area contributed by atoms with E-state index in [9.17, 15) is 4.79 Å². The highest BCUT2D eigenvalue weighted by atomic mass is 28.5. The highest BCUT2D eigenvalue weighted by Crippen LogP contribution is 2.28. The van der Waals surface area contributed by atoms with Crippen LogP contribution in [0.5, 0.6) is 0 Å². The van der Waals surface area contributed by atoms with Crippen molar-refractivity contribution >= 4 is 23.5 Å². The molecule has 0 bridgehead atoms. The molecule has 0 aromatic carbocycles. The van der Waals surface area contributed by atoms with Gasteiger partial charge in [0.25, 0.3) is 0 Å². The monoisotopic (exact) mass is 311 g/mol. The molecule has 0 aliphatic heterocycles. The number of carbonyl (C=O) groups is 1. The summed E-state index contributed by atoms with van der Waals surface area (Å²) in [5.41, 5.74) is 5.21. The van der Waals surface area contributed by atoms with Crippen LogP contribution in [0.2, 0.25) is 0 Å². The van der Waals surface area contributed by atoms with Gasteiger partial charge in [-0.1, -0.05) is 0 Å². The maximum atomic E-state index is 11.3. The zero-order valence-corrected chi connectivity index (χ0v) is 14.0. The molecule has 0 saturated carbocycles. The number of primary amides is 1. The van der Waals surface area contributed by atoms with Gasteiger partial charge < -0.3 is 32.3 Å². The summed E-state index contributed by atoms with van der Waals surface area (Å²) >= 11 is 0. The third-order valence-corrected chi connectivity index (χ3v) is 9.23. The molecule has 0 aromatic rings. The van der Waals surface area contributed by atoms with Crippen molar-refractivity contribution in [1.82, 2.24) is 0 Å².